The maximum atomic E-state index is 12.6. The van der Waals surface area contributed by atoms with Gasteiger partial charge in [-0.05, 0) is 43.7 Å². The number of carbonyl (C=O) groups excluding carboxylic acids is 1. The zero-order valence-corrected chi connectivity index (χ0v) is 13.5. The Hall–Kier alpha value is -0.570. The molecule has 0 radical (unpaired) electrons. The van der Waals surface area contributed by atoms with Crippen molar-refractivity contribution in [3.63, 3.8) is 0 Å². The zero-order chi connectivity index (χ0) is 14.5. The summed E-state index contributed by atoms with van der Waals surface area (Å²) in [5.41, 5.74) is 0.210. The molecule has 19 heavy (non-hydrogen) atoms. The summed E-state index contributed by atoms with van der Waals surface area (Å²) in [6.45, 7) is 14.0. The highest BCUT2D eigenvalue weighted by Crippen LogP contribution is 2.29. The average molecular weight is 268 g/mol. The number of rotatable bonds is 5. The van der Waals surface area contributed by atoms with Crippen molar-refractivity contribution in [1.82, 2.24) is 10.2 Å². The summed E-state index contributed by atoms with van der Waals surface area (Å²) in [5.74, 6) is 0.789. The van der Waals surface area contributed by atoms with E-state index in [9.17, 15) is 4.79 Å². The molecule has 0 aromatic rings. The molecule has 1 atom stereocenters. The molecule has 0 bridgehead atoms. The van der Waals surface area contributed by atoms with Gasteiger partial charge >= 0.3 is 0 Å². The van der Waals surface area contributed by atoms with Crippen LogP contribution in [0.25, 0.3) is 0 Å². The zero-order valence-electron chi connectivity index (χ0n) is 13.5. The molecule has 1 rings (SSSR count). The minimum Gasteiger partial charge on any atom is -0.340 e. The number of hydrogen-bond donors (Lipinski definition) is 1. The molecule has 3 heteroatoms. The van der Waals surface area contributed by atoms with Crippen molar-refractivity contribution in [1.29, 1.82) is 0 Å². The van der Waals surface area contributed by atoms with Crippen LogP contribution >= 0.6 is 0 Å². The van der Waals surface area contributed by atoms with Gasteiger partial charge in [0.1, 0.15) is 0 Å². The van der Waals surface area contributed by atoms with E-state index in [2.05, 4.69) is 44.8 Å². The van der Waals surface area contributed by atoms with Gasteiger partial charge in [-0.1, -0.05) is 34.6 Å². The summed E-state index contributed by atoms with van der Waals surface area (Å²) in [4.78, 5) is 14.8. The van der Waals surface area contributed by atoms with Gasteiger partial charge in [-0.2, -0.15) is 0 Å². The Morgan fingerprint density at radius 1 is 1.32 bits per heavy atom. The normalized spacial score (nSPS) is 19.2. The Bertz CT molecular complexity index is 277. The average Bonchev–Trinajstić information content (AvgIpc) is 2.35. The summed E-state index contributed by atoms with van der Waals surface area (Å²) in [6.07, 6.45) is 3.96. The quantitative estimate of drug-likeness (QED) is 0.831. The van der Waals surface area contributed by atoms with Gasteiger partial charge in [-0.25, -0.2) is 0 Å². The van der Waals surface area contributed by atoms with Gasteiger partial charge in [-0.15, -0.1) is 0 Å². The molecule has 0 aromatic heterocycles. The Labute approximate surface area is 119 Å². The Morgan fingerprint density at radius 2 is 1.89 bits per heavy atom. The minimum absolute atomic E-state index is 0.210. The molecular formula is C16H32N2O. The van der Waals surface area contributed by atoms with Crippen LogP contribution in [0, 0.1) is 11.3 Å². The fourth-order valence-electron chi connectivity index (χ4n) is 2.56. The van der Waals surface area contributed by atoms with Crippen molar-refractivity contribution in [2.24, 2.45) is 11.3 Å². The van der Waals surface area contributed by atoms with Crippen LogP contribution in [-0.2, 0) is 4.79 Å². The van der Waals surface area contributed by atoms with Crippen LogP contribution in [0.15, 0.2) is 0 Å². The second kappa shape index (κ2) is 7.28. The first-order valence-electron chi connectivity index (χ1n) is 7.86. The van der Waals surface area contributed by atoms with E-state index in [0.29, 0.717) is 24.3 Å². The maximum absolute atomic E-state index is 12.6. The van der Waals surface area contributed by atoms with Crippen LogP contribution in [0.2, 0.25) is 0 Å². The predicted molar refractivity (Wildman–Crippen MR) is 81.1 cm³/mol. The van der Waals surface area contributed by atoms with Crippen molar-refractivity contribution in [3.05, 3.63) is 0 Å². The largest absolute Gasteiger partial charge is 0.340 e. The molecule has 1 N–H and O–H groups in total. The molecule has 1 saturated heterocycles. The molecule has 1 aliphatic rings. The van der Waals surface area contributed by atoms with Crippen molar-refractivity contribution in [2.75, 3.05) is 19.6 Å². The van der Waals surface area contributed by atoms with Crippen LogP contribution in [0.3, 0.4) is 0 Å². The van der Waals surface area contributed by atoms with E-state index in [4.69, 9.17) is 0 Å². The Morgan fingerprint density at radius 3 is 2.37 bits per heavy atom. The Kier molecular flexibility index (Phi) is 6.31. The smallest absolute Gasteiger partial charge is 0.223 e. The highest BCUT2D eigenvalue weighted by Gasteiger charge is 2.28. The summed E-state index contributed by atoms with van der Waals surface area (Å²) >= 11 is 0. The monoisotopic (exact) mass is 268 g/mol. The molecule has 1 fully saturated rings. The molecule has 0 aliphatic carbocycles. The van der Waals surface area contributed by atoms with Gasteiger partial charge in [0, 0.05) is 19.0 Å². The van der Waals surface area contributed by atoms with Gasteiger partial charge < -0.3 is 10.2 Å². The van der Waals surface area contributed by atoms with Gasteiger partial charge in [0.2, 0.25) is 5.91 Å². The van der Waals surface area contributed by atoms with E-state index < -0.39 is 0 Å². The first kappa shape index (κ1) is 16.5. The molecule has 3 nitrogen and oxygen atoms in total. The number of amides is 1. The highest BCUT2D eigenvalue weighted by molar-refractivity contribution is 5.76. The highest BCUT2D eigenvalue weighted by atomic mass is 16.2. The topological polar surface area (TPSA) is 32.3 Å². The molecular weight excluding hydrogens is 236 g/mol. The minimum atomic E-state index is 0.210. The molecule has 0 saturated carbocycles. The fraction of sp³-hybridized carbons (Fsp3) is 0.938. The van der Waals surface area contributed by atoms with Crippen molar-refractivity contribution < 1.29 is 4.79 Å². The summed E-state index contributed by atoms with van der Waals surface area (Å²) < 4.78 is 0. The first-order chi connectivity index (χ1) is 8.86. The second-order valence-electron chi connectivity index (χ2n) is 7.04. The van der Waals surface area contributed by atoms with Crippen LogP contribution in [0.1, 0.15) is 60.3 Å². The fourth-order valence-corrected chi connectivity index (χ4v) is 2.56. The third-order valence-electron chi connectivity index (χ3n) is 4.49. The van der Waals surface area contributed by atoms with E-state index in [-0.39, 0.29) is 5.41 Å². The molecule has 1 aliphatic heterocycles. The van der Waals surface area contributed by atoms with E-state index in [1.54, 1.807) is 0 Å². The summed E-state index contributed by atoms with van der Waals surface area (Å²) in [6, 6.07) is 0.459. The van der Waals surface area contributed by atoms with Crippen LogP contribution in [0.4, 0.5) is 0 Å². The van der Waals surface area contributed by atoms with Crippen molar-refractivity contribution in [3.8, 4) is 0 Å². The number of nitrogens with one attached hydrogen (secondary N) is 1. The van der Waals surface area contributed by atoms with E-state index in [1.165, 1.54) is 0 Å². The lowest BCUT2D eigenvalue weighted by Gasteiger charge is -2.36. The first-order valence-corrected chi connectivity index (χ1v) is 7.86. The van der Waals surface area contributed by atoms with Crippen LogP contribution < -0.4 is 5.32 Å². The van der Waals surface area contributed by atoms with Crippen molar-refractivity contribution in [2.45, 2.75) is 66.3 Å². The third-order valence-corrected chi connectivity index (χ3v) is 4.49. The number of hydrogen-bond acceptors (Lipinski definition) is 2. The van der Waals surface area contributed by atoms with Gasteiger partial charge in [-0.3, -0.25) is 4.79 Å². The Balaban J connectivity index is 2.61. The third kappa shape index (κ3) is 5.13. The summed E-state index contributed by atoms with van der Waals surface area (Å²) in [7, 11) is 0. The number of piperidine rings is 1. The van der Waals surface area contributed by atoms with E-state index >= 15 is 0 Å². The molecule has 0 spiro atoms. The standard InChI is InChI=1S/C16H32N2O/c1-6-11-18(14-7-9-17-10-8-14)15(19)12-13(2)16(3,4)5/h13-14,17H,6-12H2,1-5H3. The number of nitrogens with zero attached hydrogens (tertiary/aromatic N) is 1. The lowest BCUT2D eigenvalue weighted by atomic mass is 9.80. The maximum Gasteiger partial charge on any atom is 0.223 e. The molecule has 112 valence electrons. The van der Waals surface area contributed by atoms with Gasteiger partial charge in [0.25, 0.3) is 0 Å². The van der Waals surface area contributed by atoms with E-state index in [0.717, 1.165) is 38.9 Å². The number of carbonyl (C=O) groups is 1. The van der Waals surface area contributed by atoms with Crippen LogP contribution in [-0.4, -0.2) is 36.5 Å². The van der Waals surface area contributed by atoms with Crippen LogP contribution in [0.5, 0.6) is 0 Å². The molecule has 0 aromatic carbocycles. The lowest BCUT2D eigenvalue weighted by molar-refractivity contribution is -0.135. The molecule has 1 unspecified atom stereocenters. The lowest BCUT2D eigenvalue weighted by Crippen LogP contribution is -2.47. The SMILES string of the molecule is CCCN(C(=O)CC(C)C(C)(C)C)C1CCNCC1. The molecule has 1 heterocycles. The van der Waals surface area contributed by atoms with E-state index in [1.807, 2.05) is 0 Å². The summed E-state index contributed by atoms with van der Waals surface area (Å²) in [5, 5.41) is 3.38. The predicted octanol–water partition coefficient (Wildman–Crippen LogP) is 3.05. The second-order valence-corrected chi connectivity index (χ2v) is 7.04. The van der Waals surface area contributed by atoms with Gasteiger partial charge in [0.05, 0.1) is 0 Å². The van der Waals surface area contributed by atoms with Crippen molar-refractivity contribution >= 4 is 5.91 Å². The van der Waals surface area contributed by atoms with Gasteiger partial charge in [0.15, 0.2) is 0 Å². The molecule has 1 amide bonds.